The molecular formula is C26H27ClN2O2. The molecule has 1 heterocycles. The van der Waals surface area contributed by atoms with Crippen molar-refractivity contribution in [1.82, 2.24) is 5.32 Å². The van der Waals surface area contributed by atoms with Gasteiger partial charge in [0.15, 0.2) is 11.5 Å². The lowest BCUT2D eigenvalue weighted by atomic mass is 9.93. The first-order chi connectivity index (χ1) is 15.1. The molecule has 1 aliphatic heterocycles. The van der Waals surface area contributed by atoms with Crippen LogP contribution in [-0.2, 0) is 6.42 Å². The van der Waals surface area contributed by atoms with E-state index in [0.29, 0.717) is 23.8 Å². The number of rotatable bonds is 6. The first-order valence-corrected chi connectivity index (χ1v) is 11.1. The van der Waals surface area contributed by atoms with Gasteiger partial charge in [0.1, 0.15) is 6.17 Å². The Morgan fingerprint density at radius 2 is 1.74 bits per heavy atom. The number of phenols is 1. The molecule has 0 aliphatic carbocycles. The van der Waals surface area contributed by atoms with E-state index in [1.54, 1.807) is 6.07 Å². The molecule has 0 spiro atoms. The van der Waals surface area contributed by atoms with Crippen molar-refractivity contribution in [2.75, 3.05) is 6.61 Å². The zero-order valence-corrected chi connectivity index (χ0v) is 18.6. The van der Waals surface area contributed by atoms with E-state index in [1.807, 2.05) is 43.3 Å². The maximum Gasteiger partial charge on any atom is 0.162 e. The summed E-state index contributed by atoms with van der Waals surface area (Å²) in [6.07, 6.45) is 1.33. The van der Waals surface area contributed by atoms with E-state index in [-0.39, 0.29) is 18.0 Å². The molecule has 0 amide bonds. The number of nitrogens with one attached hydrogen (secondary N) is 1. The number of para-hydroxylation sites is 1. The van der Waals surface area contributed by atoms with Crippen LogP contribution in [0.5, 0.6) is 11.5 Å². The molecule has 2 N–H and O–H groups in total. The lowest BCUT2D eigenvalue weighted by Gasteiger charge is -2.31. The first kappa shape index (κ1) is 21.4. The monoisotopic (exact) mass is 434 g/mol. The molecule has 0 saturated carbocycles. The van der Waals surface area contributed by atoms with Crippen LogP contribution in [0.15, 0.2) is 71.7 Å². The van der Waals surface area contributed by atoms with Crippen molar-refractivity contribution in [3.63, 3.8) is 0 Å². The van der Waals surface area contributed by atoms with Gasteiger partial charge in [0.2, 0.25) is 0 Å². The van der Waals surface area contributed by atoms with Gasteiger partial charge in [-0.1, -0.05) is 73.1 Å². The number of nitrogens with zero attached hydrogens (tertiary/aromatic N) is 1. The van der Waals surface area contributed by atoms with Gasteiger partial charge < -0.3 is 9.84 Å². The molecule has 0 unspecified atom stereocenters. The number of aliphatic imine (C=N–C) groups is 1. The molecule has 160 valence electrons. The van der Waals surface area contributed by atoms with Crippen LogP contribution in [0.4, 0.5) is 0 Å². The number of halogens is 1. The maximum atomic E-state index is 10.9. The summed E-state index contributed by atoms with van der Waals surface area (Å²) in [5.74, 6) is 0.662. The highest BCUT2D eigenvalue weighted by Gasteiger charge is 2.29. The van der Waals surface area contributed by atoms with Crippen LogP contribution >= 0.6 is 11.6 Å². The van der Waals surface area contributed by atoms with Gasteiger partial charge in [-0.05, 0) is 36.6 Å². The first-order valence-electron chi connectivity index (χ1n) is 10.7. The number of ether oxygens (including phenoxy) is 1. The van der Waals surface area contributed by atoms with Crippen molar-refractivity contribution >= 4 is 17.3 Å². The highest BCUT2D eigenvalue weighted by atomic mass is 35.5. The second kappa shape index (κ2) is 9.54. The van der Waals surface area contributed by atoms with Crippen molar-refractivity contribution in [2.45, 2.75) is 38.9 Å². The summed E-state index contributed by atoms with van der Waals surface area (Å²) in [4.78, 5) is 5.01. The van der Waals surface area contributed by atoms with Gasteiger partial charge in [-0.2, -0.15) is 0 Å². The summed E-state index contributed by atoms with van der Waals surface area (Å²) in [6.45, 7) is 4.55. The second-order valence-electron chi connectivity index (χ2n) is 7.60. The zero-order valence-electron chi connectivity index (χ0n) is 17.8. The molecule has 4 rings (SSSR count). The number of aromatic hydroxyl groups is 1. The third-order valence-corrected chi connectivity index (χ3v) is 5.99. The van der Waals surface area contributed by atoms with Crippen molar-refractivity contribution < 1.29 is 9.84 Å². The Morgan fingerprint density at radius 1 is 1.00 bits per heavy atom. The Bertz CT molecular complexity index is 1080. The molecule has 5 heteroatoms. The van der Waals surface area contributed by atoms with E-state index in [2.05, 4.69) is 36.5 Å². The summed E-state index contributed by atoms with van der Waals surface area (Å²) in [5, 5.41) is 15.1. The van der Waals surface area contributed by atoms with E-state index in [9.17, 15) is 5.11 Å². The van der Waals surface area contributed by atoms with Crippen molar-refractivity contribution in [2.24, 2.45) is 4.99 Å². The van der Waals surface area contributed by atoms with E-state index in [0.717, 1.165) is 28.8 Å². The fourth-order valence-electron chi connectivity index (χ4n) is 3.96. The Hall–Kier alpha value is -2.82. The molecule has 3 aromatic carbocycles. The standard InChI is InChI=1S/C26H27ClN2O2/c1-3-17-12-14-18(15-13-17)22-16-23(20-9-7-11-24(25(20)30)31-4-2)29-26(28-22)19-8-5-6-10-21(19)27/h5-15,23,26,29-30H,3-4,16H2,1-2H3/t23-,26-/m0/s1. The van der Waals surface area contributed by atoms with Crippen molar-refractivity contribution in [3.8, 4) is 11.5 Å². The highest BCUT2D eigenvalue weighted by molar-refractivity contribution is 6.31. The zero-order chi connectivity index (χ0) is 21.8. The molecule has 0 saturated heterocycles. The number of aryl methyl sites for hydroxylation is 1. The van der Waals surface area contributed by atoms with Gasteiger partial charge >= 0.3 is 0 Å². The Morgan fingerprint density at radius 3 is 2.45 bits per heavy atom. The van der Waals surface area contributed by atoms with Crippen LogP contribution in [0.25, 0.3) is 0 Å². The predicted octanol–water partition coefficient (Wildman–Crippen LogP) is 6.23. The van der Waals surface area contributed by atoms with E-state index >= 15 is 0 Å². The SMILES string of the molecule is CCOc1cccc([C@@H]2CC(c3ccc(CC)cc3)=N[C@H](c3ccccc3Cl)N2)c1O. The summed E-state index contributed by atoms with van der Waals surface area (Å²) in [7, 11) is 0. The van der Waals surface area contributed by atoms with Crippen LogP contribution in [0, 0.1) is 0 Å². The third-order valence-electron chi connectivity index (χ3n) is 5.64. The fraction of sp³-hybridized carbons (Fsp3) is 0.269. The van der Waals surface area contributed by atoms with Gasteiger partial charge in [0.05, 0.1) is 6.61 Å². The minimum absolute atomic E-state index is 0.139. The molecule has 31 heavy (non-hydrogen) atoms. The second-order valence-corrected chi connectivity index (χ2v) is 8.01. The van der Waals surface area contributed by atoms with Crippen molar-refractivity contribution in [3.05, 3.63) is 94.0 Å². The Kier molecular flexibility index (Phi) is 6.59. The summed E-state index contributed by atoms with van der Waals surface area (Å²) >= 11 is 6.50. The largest absolute Gasteiger partial charge is 0.504 e. The lowest BCUT2D eigenvalue weighted by Crippen LogP contribution is -2.33. The Labute approximate surface area is 188 Å². The number of hydrogen-bond acceptors (Lipinski definition) is 4. The van der Waals surface area contributed by atoms with Gasteiger partial charge in [-0.25, -0.2) is 0 Å². The van der Waals surface area contributed by atoms with Gasteiger partial charge in [-0.3, -0.25) is 10.3 Å². The molecule has 0 aromatic heterocycles. The topological polar surface area (TPSA) is 53.8 Å². The van der Waals surface area contributed by atoms with Crippen LogP contribution in [0.3, 0.4) is 0 Å². The maximum absolute atomic E-state index is 10.9. The summed E-state index contributed by atoms with van der Waals surface area (Å²) in [6, 6.07) is 21.8. The fourth-order valence-corrected chi connectivity index (χ4v) is 4.20. The van der Waals surface area contributed by atoms with E-state index < -0.39 is 0 Å². The average molecular weight is 435 g/mol. The molecule has 3 aromatic rings. The van der Waals surface area contributed by atoms with Crippen LogP contribution < -0.4 is 10.1 Å². The molecule has 4 nitrogen and oxygen atoms in total. The number of phenolic OH excluding ortho intramolecular Hbond substituents is 1. The quantitative estimate of drug-likeness (QED) is 0.483. The molecule has 0 fully saturated rings. The number of hydrogen-bond donors (Lipinski definition) is 2. The third kappa shape index (κ3) is 4.60. The molecule has 0 bridgehead atoms. The molecule has 0 radical (unpaired) electrons. The minimum atomic E-state index is -0.316. The normalized spacial score (nSPS) is 18.5. The van der Waals surface area contributed by atoms with Crippen molar-refractivity contribution in [1.29, 1.82) is 0 Å². The summed E-state index contributed by atoms with van der Waals surface area (Å²) < 4.78 is 5.61. The minimum Gasteiger partial charge on any atom is -0.504 e. The molecular weight excluding hydrogens is 408 g/mol. The lowest BCUT2D eigenvalue weighted by molar-refractivity contribution is 0.313. The average Bonchev–Trinajstić information content (AvgIpc) is 2.80. The van der Waals surface area contributed by atoms with E-state index in [1.165, 1.54) is 5.56 Å². The van der Waals surface area contributed by atoms with Gasteiger partial charge in [0, 0.05) is 34.3 Å². The van der Waals surface area contributed by atoms with E-state index in [4.69, 9.17) is 21.3 Å². The van der Waals surface area contributed by atoms with Gasteiger partial charge in [0.25, 0.3) is 0 Å². The Balaban J connectivity index is 1.76. The smallest absolute Gasteiger partial charge is 0.162 e. The predicted molar refractivity (Wildman–Crippen MR) is 126 cm³/mol. The summed E-state index contributed by atoms with van der Waals surface area (Å²) in [5.41, 5.74) is 5.07. The van der Waals surface area contributed by atoms with Crippen LogP contribution in [-0.4, -0.2) is 17.4 Å². The highest BCUT2D eigenvalue weighted by Crippen LogP contribution is 2.39. The molecule has 2 atom stereocenters. The molecule has 1 aliphatic rings. The van der Waals surface area contributed by atoms with Crippen LogP contribution in [0.1, 0.15) is 54.7 Å². The van der Waals surface area contributed by atoms with Crippen LogP contribution in [0.2, 0.25) is 5.02 Å². The van der Waals surface area contributed by atoms with Gasteiger partial charge in [-0.15, -0.1) is 0 Å². The number of benzene rings is 3.